The van der Waals surface area contributed by atoms with Crippen molar-refractivity contribution in [3.8, 4) is 22.1 Å². The Kier molecular flexibility index (Phi) is 3.20. The first-order valence-electron chi connectivity index (χ1n) is 6.11. The van der Waals surface area contributed by atoms with E-state index in [1.165, 1.54) is 0 Å². The molecule has 0 radical (unpaired) electrons. The molecule has 0 unspecified atom stereocenters. The van der Waals surface area contributed by atoms with Crippen LogP contribution in [0.15, 0.2) is 36.4 Å². The van der Waals surface area contributed by atoms with Crippen molar-refractivity contribution >= 4 is 27.2 Å². The van der Waals surface area contributed by atoms with Crippen molar-refractivity contribution in [3.63, 3.8) is 0 Å². The third-order valence-corrected chi connectivity index (χ3v) is 4.16. The van der Waals surface area contributed by atoms with Gasteiger partial charge in [-0.1, -0.05) is 30.3 Å². The summed E-state index contributed by atoms with van der Waals surface area (Å²) in [6.07, 6.45) is 0. The molecule has 2 N–H and O–H groups in total. The highest BCUT2D eigenvalue weighted by atomic mass is 32.1. The Morgan fingerprint density at radius 1 is 1.10 bits per heavy atom. The third-order valence-electron chi connectivity index (χ3n) is 3.06. The number of nitrogens with two attached hydrogens (primary N) is 1. The lowest BCUT2D eigenvalue weighted by Crippen LogP contribution is -1.94. The van der Waals surface area contributed by atoms with Gasteiger partial charge in [-0.05, 0) is 0 Å². The number of hydrogen-bond acceptors (Lipinski definition) is 5. The van der Waals surface area contributed by atoms with Gasteiger partial charge in [-0.3, -0.25) is 0 Å². The topological polar surface area (TPSA) is 57.4 Å². The highest BCUT2D eigenvalue weighted by Crippen LogP contribution is 2.43. The van der Waals surface area contributed by atoms with E-state index >= 15 is 0 Å². The van der Waals surface area contributed by atoms with Crippen LogP contribution < -0.4 is 15.2 Å². The fourth-order valence-corrected chi connectivity index (χ4v) is 3.24. The number of thiazole rings is 1. The average Bonchev–Trinajstić information content (AvgIpc) is 2.92. The van der Waals surface area contributed by atoms with Crippen molar-refractivity contribution < 1.29 is 9.47 Å². The number of benzene rings is 2. The van der Waals surface area contributed by atoms with Gasteiger partial charge in [-0.25, -0.2) is 4.98 Å². The Hall–Kier alpha value is -2.27. The van der Waals surface area contributed by atoms with Gasteiger partial charge < -0.3 is 15.2 Å². The monoisotopic (exact) mass is 286 g/mol. The maximum atomic E-state index is 6.00. The first-order chi connectivity index (χ1) is 9.74. The number of fused-ring (bicyclic) bond motifs is 1. The van der Waals surface area contributed by atoms with Crippen LogP contribution in [-0.4, -0.2) is 19.2 Å². The molecule has 0 atom stereocenters. The molecule has 20 heavy (non-hydrogen) atoms. The zero-order valence-electron chi connectivity index (χ0n) is 11.2. The van der Waals surface area contributed by atoms with Crippen molar-refractivity contribution in [1.82, 2.24) is 4.98 Å². The minimum Gasteiger partial charge on any atom is -0.494 e. The standard InChI is InChI=1S/C15H14N2O2S/c1-18-11-8-10(16)13(19-2)14-12(11)17-15(20-14)9-6-4-3-5-7-9/h3-8H,16H2,1-2H3. The van der Waals surface area contributed by atoms with Crippen LogP contribution in [-0.2, 0) is 0 Å². The fourth-order valence-electron chi connectivity index (χ4n) is 2.12. The highest BCUT2D eigenvalue weighted by Gasteiger charge is 2.17. The summed E-state index contributed by atoms with van der Waals surface area (Å²) in [6.45, 7) is 0. The predicted octanol–water partition coefficient (Wildman–Crippen LogP) is 3.56. The second kappa shape index (κ2) is 5.02. The zero-order chi connectivity index (χ0) is 14.1. The first kappa shape index (κ1) is 12.7. The van der Waals surface area contributed by atoms with E-state index in [-0.39, 0.29) is 0 Å². The Balaban J connectivity index is 2.29. The normalized spacial score (nSPS) is 10.7. The average molecular weight is 286 g/mol. The first-order valence-corrected chi connectivity index (χ1v) is 6.92. The summed E-state index contributed by atoms with van der Waals surface area (Å²) in [4.78, 5) is 4.66. The van der Waals surface area contributed by atoms with Gasteiger partial charge in [0.05, 0.1) is 19.9 Å². The zero-order valence-corrected chi connectivity index (χ0v) is 12.0. The molecule has 0 aliphatic heterocycles. The van der Waals surface area contributed by atoms with Gasteiger partial charge in [0.25, 0.3) is 0 Å². The number of hydrogen-bond donors (Lipinski definition) is 1. The molecule has 0 saturated heterocycles. The van der Waals surface area contributed by atoms with E-state index in [9.17, 15) is 0 Å². The van der Waals surface area contributed by atoms with Crippen molar-refractivity contribution in [2.75, 3.05) is 20.0 Å². The lowest BCUT2D eigenvalue weighted by atomic mass is 10.2. The third kappa shape index (κ3) is 1.96. The Bertz CT molecular complexity index is 753. The Morgan fingerprint density at radius 3 is 2.50 bits per heavy atom. The smallest absolute Gasteiger partial charge is 0.161 e. The second-order valence-electron chi connectivity index (χ2n) is 4.26. The molecule has 4 nitrogen and oxygen atoms in total. The molecule has 0 aliphatic rings. The molecule has 0 bridgehead atoms. The SMILES string of the molecule is COc1cc(N)c(OC)c2sc(-c3ccccc3)nc12. The number of nitrogen functional groups attached to an aromatic ring is 1. The van der Waals surface area contributed by atoms with Gasteiger partial charge in [-0.2, -0.15) is 0 Å². The van der Waals surface area contributed by atoms with Crippen LogP contribution >= 0.6 is 11.3 Å². The van der Waals surface area contributed by atoms with E-state index in [0.29, 0.717) is 17.2 Å². The van der Waals surface area contributed by atoms with E-state index < -0.39 is 0 Å². The van der Waals surface area contributed by atoms with E-state index in [4.69, 9.17) is 15.2 Å². The molecule has 0 fully saturated rings. The van der Waals surface area contributed by atoms with Gasteiger partial charge in [0.15, 0.2) is 5.75 Å². The minimum atomic E-state index is 0.556. The van der Waals surface area contributed by atoms with Crippen molar-refractivity contribution in [1.29, 1.82) is 0 Å². The summed E-state index contributed by atoms with van der Waals surface area (Å²) in [7, 11) is 3.22. The predicted molar refractivity (Wildman–Crippen MR) is 82.6 cm³/mol. The van der Waals surface area contributed by atoms with Gasteiger partial charge in [0, 0.05) is 11.6 Å². The summed E-state index contributed by atoms with van der Waals surface area (Å²) >= 11 is 1.55. The lowest BCUT2D eigenvalue weighted by molar-refractivity contribution is 0.412. The minimum absolute atomic E-state index is 0.556. The van der Waals surface area contributed by atoms with Crippen LogP contribution in [0.25, 0.3) is 20.8 Å². The molecule has 0 aliphatic carbocycles. The van der Waals surface area contributed by atoms with E-state index in [0.717, 1.165) is 20.8 Å². The van der Waals surface area contributed by atoms with Gasteiger partial charge >= 0.3 is 0 Å². The highest BCUT2D eigenvalue weighted by molar-refractivity contribution is 7.22. The maximum absolute atomic E-state index is 6.00. The molecule has 1 aromatic heterocycles. The van der Waals surface area contributed by atoms with E-state index in [1.807, 2.05) is 30.3 Å². The van der Waals surface area contributed by atoms with E-state index in [1.54, 1.807) is 31.6 Å². The maximum Gasteiger partial charge on any atom is 0.161 e. The molecule has 0 amide bonds. The molecule has 5 heteroatoms. The molecule has 3 rings (SSSR count). The van der Waals surface area contributed by atoms with Crippen LogP contribution in [0.3, 0.4) is 0 Å². The van der Waals surface area contributed by atoms with Gasteiger partial charge in [-0.15, -0.1) is 11.3 Å². The summed E-state index contributed by atoms with van der Waals surface area (Å²) < 4.78 is 11.7. The number of ether oxygens (including phenoxy) is 2. The van der Waals surface area contributed by atoms with Gasteiger partial charge in [0.1, 0.15) is 21.0 Å². The number of rotatable bonds is 3. The molecular formula is C15H14N2O2S. The quantitative estimate of drug-likeness (QED) is 0.748. The van der Waals surface area contributed by atoms with Crippen molar-refractivity contribution in [3.05, 3.63) is 36.4 Å². The molecule has 102 valence electrons. The van der Waals surface area contributed by atoms with Gasteiger partial charge in [0.2, 0.25) is 0 Å². The number of aromatic nitrogens is 1. The number of methoxy groups -OCH3 is 2. The summed E-state index contributed by atoms with van der Waals surface area (Å²) in [5.41, 5.74) is 8.40. The van der Waals surface area contributed by atoms with Crippen LogP contribution in [0.1, 0.15) is 0 Å². The second-order valence-corrected chi connectivity index (χ2v) is 5.26. The van der Waals surface area contributed by atoms with Crippen molar-refractivity contribution in [2.45, 2.75) is 0 Å². The summed E-state index contributed by atoms with van der Waals surface area (Å²) in [6, 6.07) is 11.8. The number of anilines is 1. The van der Waals surface area contributed by atoms with Crippen molar-refractivity contribution in [2.24, 2.45) is 0 Å². The lowest BCUT2D eigenvalue weighted by Gasteiger charge is -2.07. The molecule has 3 aromatic rings. The Labute approximate surface area is 120 Å². The van der Waals surface area contributed by atoms with Crippen LogP contribution in [0.2, 0.25) is 0 Å². The molecule has 1 heterocycles. The van der Waals surface area contributed by atoms with Crippen LogP contribution in [0, 0.1) is 0 Å². The molecule has 0 saturated carbocycles. The summed E-state index contributed by atoms with van der Waals surface area (Å²) in [5.74, 6) is 1.32. The largest absolute Gasteiger partial charge is 0.494 e. The molecular weight excluding hydrogens is 272 g/mol. The van der Waals surface area contributed by atoms with Crippen LogP contribution in [0.4, 0.5) is 5.69 Å². The summed E-state index contributed by atoms with van der Waals surface area (Å²) in [5, 5.41) is 0.919. The molecule has 2 aromatic carbocycles. The molecule has 0 spiro atoms. The fraction of sp³-hybridized carbons (Fsp3) is 0.133. The van der Waals surface area contributed by atoms with Crippen LogP contribution in [0.5, 0.6) is 11.5 Å². The Morgan fingerprint density at radius 2 is 1.85 bits per heavy atom. The van der Waals surface area contributed by atoms with E-state index in [2.05, 4.69) is 4.98 Å². The number of nitrogens with zero attached hydrogens (tertiary/aromatic N) is 1.